The molecule has 2 N–H and O–H groups in total. The van der Waals surface area contributed by atoms with Gasteiger partial charge in [0.2, 0.25) is 6.41 Å². The number of rotatable bonds is 9. The Hall–Kier alpha value is -3.77. The first-order chi connectivity index (χ1) is 17.9. The van der Waals surface area contributed by atoms with E-state index in [1.165, 1.54) is 16.1 Å². The lowest BCUT2D eigenvalue weighted by molar-refractivity contribution is -0.132. The number of nitriles is 1. The molecule has 1 unspecified atom stereocenters. The Kier molecular flexibility index (Phi) is 8.19. The zero-order chi connectivity index (χ0) is 26.4. The van der Waals surface area contributed by atoms with E-state index < -0.39 is 29.1 Å². The first-order valence-electron chi connectivity index (χ1n) is 12.6. The van der Waals surface area contributed by atoms with Crippen LogP contribution in [0.25, 0.3) is 0 Å². The van der Waals surface area contributed by atoms with Crippen molar-refractivity contribution in [2.24, 2.45) is 0 Å². The molecule has 37 heavy (non-hydrogen) atoms. The van der Waals surface area contributed by atoms with E-state index in [2.05, 4.69) is 16.7 Å². The van der Waals surface area contributed by atoms with Crippen molar-refractivity contribution in [1.82, 2.24) is 20.7 Å². The number of hydrogen-bond acceptors (Lipinski definition) is 4. The second-order valence-electron chi connectivity index (χ2n) is 9.49. The summed E-state index contributed by atoms with van der Waals surface area (Å²) in [5, 5.41) is 18.5. The molecule has 0 spiro atoms. The van der Waals surface area contributed by atoms with E-state index in [9.17, 15) is 23.6 Å². The molecule has 0 aromatic heterocycles. The molecule has 1 heterocycles. The van der Waals surface area contributed by atoms with Crippen LogP contribution < -0.4 is 10.6 Å². The number of nitrogens with one attached hydrogen (secondary N) is 2. The van der Waals surface area contributed by atoms with Crippen molar-refractivity contribution in [3.8, 4) is 6.07 Å². The van der Waals surface area contributed by atoms with Gasteiger partial charge in [0.1, 0.15) is 17.7 Å². The van der Waals surface area contributed by atoms with E-state index in [1.807, 2.05) is 37.3 Å². The summed E-state index contributed by atoms with van der Waals surface area (Å²) >= 11 is 0. The molecule has 0 radical (unpaired) electrons. The van der Waals surface area contributed by atoms with Crippen molar-refractivity contribution in [3.63, 3.8) is 0 Å². The van der Waals surface area contributed by atoms with E-state index in [0.717, 1.165) is 43.4 Å². The van der Waals surface area contributed by atoms with Gasteiger partial charge in [-0.25, -0.2) is 18.6 Å². The van der Waals surface area contributed by atoms with Crippen LogP contribution in [0.5, 0.6) is 0 Å². The summed E-state index contributed by atoms with van der Waals surface area (Å²) < 4.78 is 28.2. The van der Waals surface area contributed by atoms with Crippen molar-refractivity contribution in [1.29, 1.82) is 5.26 Å². The second-order valence-corrected chi connectivity index (χ2v) is 9.49. The minimum absolute atomic E-state index is 0.100. The highest BCUT2D eigenvalue weighted by Crippen LogP contribution is 2.39. The van der Waals surface area contributed by atoms with Crippen molar-refractivity contribution in [2.45, 2.75) is 56.5 Å². The highest BCUT2D eigenvalue weighted by Gasteiger charge is 2.37. The number of nitrogens with zero attached hydrogens (tertiary/aromatic N) is 3. The van der Waals surface area contributed by atoms with E-state index in [0.29, 0.717) is 25.1 Å². The van der Waals surface area contributed by atoms with Crippen LogP contribution in [-0.4, -0.2) is 41.6 Å². The van der Waals surface area contributed by atoms with Gasteiger partial charge in [-0.15, -0.1) is 0 Å². The van der Waals surface area contributed by atoms with Crippen LogP contribution in [0, 0.1) is 23.0 Å². The van der Waals surface area contributed by atoms with E-state index in [4.69, 9.17) is 0 Å². The maximum Gasteiger partial charge on any atom is 0.341 e. The molecule has 1 atom stereocenters. The normalized spacial score (nSPS) is 23.6. The Balaban J connectivity index is 1.41. The lowest BCUT2D eigenvalue weighted by Crippen LogP contribution is -2.55. The molecule has 7 nitrogen and oxygen atoms in total. The maximum atomic E-state index is 14.7. The molecule has 1 fully saturated rings. The van der Waals surface area contributed by atoms with Gasteiger partial charge in [0.05, 0.1) is 18.0 Å². The third-order valence-corrected chi connectivity index (χ3v) is 7.31. The molecule has 0 bridgehead atoms. The summed E-state index contributed by atoms with van der Waals surface area (Å²) in [6, 6.07) is 14.3. The minimum atomic E-state index is -0.897. The minimum Gasteiger partial charge on any atom is -0.312 e. The number of amides is 3. The van der Waals surface area contributed by atoms with E-state index in [1.54, 1.807) is 6.08 Å². The summed E-state index contributed by atoms with van der Waals surface area (Å²) in [6.45, 7) is 2.43. The van der Waals surface area contributed by atoms with Gasteiger partial charge in [-0.1, -0.05) is 43.3 Å². The Morgan fingerprint density at radius 2 is 1.95 bits per heavy atom. The molecule has 1 aliphatic heterocycles. The third-order valence-electron chi connectivity index (χ3n) is 7.31. The van der Waals surface area contributed by atoms with Gasteiger partial charge >= 0.3 is 6.03 Å². The average molecular weight is 508 g/mol. The topological polar surface area (TPSA) is 88.5 Å². The maximum absolute atomic E-state index is 14.7. The predicted octanol–water partition coefficient (Wildman–Crippen LogP) is 4.69. The number of carbonyl (C=O) groups is 2. The Labute approximate surface area is 215 Å². The highest BCUT2D eigenvalue weighted by atomic mass is 19.1. The first-order valence-corrected chi connectivity index (χ1v) is 12.6. The van der Waals surface area contributed by atoms with Gasteiger partial charge in [-0.2, -0.15) is 5.26 Å². The number of carbonyl (C=O) groups excluding carboxylic acids is 2. The molecule has 194 valence electrons. The predicted molar refractivity (Wildman–Crippen MR) is 135 cm³/mol. The van der Waals surface area contributed by atoms with Crippen LogP contribution in [0.4, 0.5) is 13.6 Å². The van der Waals surface area contributed by atoms with Crippen LogP contribution in [0.15, 0.2) is 60.3 Å². The summed E-state index contributed by atoms with van der Waals surface area (Å²) in [6.07, 6.45) is 5.79. The SMILES string of the molecule is CCC1=CC(c2ccc(F)cc2F)N(N(C=O)CCNC2CCC(C#N)(c3ccccc3)CC2)C(=O)N1. The summed E-state index contributed by atoms with van der Waals surface area (Å²) in [5.74, 6) is -1.51. The van der Waals surface area contributed by atoms with Crippen LogP contribution in [0.1, 0.15) is 56.2 Å². The second kappa shape index (κ2) is 11.5. The number of urea groups is 1. The molecule has 2 aliphatic rings. The fraction of sp³-hybridized carbons (Fsp3) is 0.393. The van der Waals surface area contributed by atoms with Crippen LogP contribution in [0.2, 0.25) is 0 Å². The number of hydrogen-bond donors (Lipinski definition) is 2. The number of halogens is 2. The fourth-order valence-electron chi connectivity index (χ4n) is 5.20. The summed E-state index contributed by atoms with van der Waals surface area (Å²) in [7, 11) is 0. The molecule has 1 aliphatic carbocycles. The summed E-state index contributed by atoms with van der Waals surface area (Å²) in [4.78, 5) is 25.0. The van der Waals surface area contributed by atoms with Crippen LogP contribution >= 0.6 is 0 Å². The molecular weight excluding hydrogens is 476 g/mol. The van der Waals surface area contributed by atoms with Gasteiger partial charge in [-0.05, 0) is 49.8 Å². The van der Waals surface area contributed by atoms with Gasteiger partial charge < -0.3 is 10.6 Å². The van der Waals surface area contributed by atoms with E-state index >= 15 is 0 Å². The average Bonchev–Trinajstić information content (AvgIpc) is 2.92. The lowest BCUT2D eigenvalue weighted by atomic mass is 9.69. The van der Waals surface area contributed by atoms with Crippen molar-refractivity contribution < 1.29 is 18.4 Å². The molecule has 1 saturated carbocycles. The van der Waals surface area contributed by atoms with E-state index in [-0.39, 0.29) is 18.2 Å². The molecule has 4 rings (SSSR count). The quantitative estimate of drug-likeness (QED) is 0.482. The van der Waals surface area contributed by atoms with Crippen molar-refractivity contribution >= 4 is 12.4 Å². The zero-order valence-electron chi connectivity index (χ0n) is 20.8. The third kappa shape index (κ3) is 5.65. The van der Waals surface area contributed by atoms with Crippen molar-refractivity contribution in [2.75, 3.05) is 13.1 Å². The lowest BCUT2D eigenvalue weighted by Gasteiger charge is -2.40. The van der Waals surface area contributed by atoms with Gasteiger partial charge in [0.15, 0.2) is 0 Å². The highest BCUT2D eigenvalue weighted by molar-refractivity contribution is 5.79. The van der Waals surface area contributed by atoms with Gasteiger partial charge in [-0.3, -0.25) is 9.80 Å². The standard InChI is InChI=1S/C28H31F2N5O2/c1-2-22-17-26(24-9-8-21(29)16-25(24)30)35(27(37)33-22)34(19-36)15-14-32-23-10-12-28(18-31,13-11-23)20-6-4-3-5-7-20/h3-9,16-17,19,23,26,32H,2,10-15H2,1H3,(H,33,37). The largest absolute Gasteiger partial charge is 0.341 e. The zero-order valence-corrected chi connectivity index (χ0v) is 20.8. The Morgan fingerprint density at radius 3 is 2.57 bits per heavy atom. The fourth-order valence-corrected chi connectivity index (χ4v) is 5.20. The number of hydrazine groups is 1. The molecule has 0 saturated heterocycles. The van der Waals surface area contributed by atoms with Crippen LogP contribution in [-0.2, 0) is 10.2 Å². The number of allylic oxidation sites excluding steroid dienone is 1. The Bertz CT molecular complexity index is 1190. The van der Waals surface area contributed by atoms with Crippen LogP contribution in [0.3, 0.4) is 0 Å². The number of benzene rings is 2. The van der Waals surface area contributed by atoms with Gasteiger partial charge in [0, 0.05) is 29.9 Å². The molecule has 9 heteroatoms. The van der Waals surface area contributed by atoms with Gasteiger partial charge in [0.25, 0.3) is 0 Å². The molecule has 3 amide bonds. The molecule has 2 aromatic rings. The monoisotopic (exact) mass is 507 g/mol. The smallest absolute Gasteiger partial charge is 0.312 e. The first kappa shape index (κ1) is 26.3. The molecule has 2 aromatic carbocycles. The van der Waals surface area contributed by atoms with Crippen molar-refractivity contribution in [3.05, 3.63) is 83.1 Å². The summed E-state index contributed by atoms with van der Waals surface area (Å²) in [5.41, 5.74) is 1.25. The Morgan fingerprint density at radius 1 is 1.22 bits per heavy atom. The molecular formula is C28H31F2N5O2.